The lowest BCUT2D eigenvalue weighted by Crippen LogP contribution is -2.43. The molecule has 1 saturated heterocycles. The van der Waals surface area contributed by atoms with Crippen molar-refractivity contribution in [3.05, 3.63) is 95.8 Å². The Morgan fingerprint density at radius 3 is 2.47 bits per heavy atom. The van der Waals surface area contributed by atoms with E-state index in [1.165, 1.54) is 0 Å². The fraction of sp³-hybridized carbons (Fsp3) is 0.280. The third-order valence-corrected chi connectivity index (χ3v) is 7.36. The summed E-state index contributed by atoms with van der Waals surface area (Å²) in [6.07, 6.45) is 4.51. The summed E-state index contributed by atoms with van der Waals surface area (Å²) in [5.41, 5.74) is 3.01. The van der Waals surface area contributed by atoms with Crippen molar-refractivity contribution in [1.82, 2.24) is 9.88 Å². The quantitative estimate of drug-likeness (QED) is 0.527. The fourth-order valence-electron chi connectivity index (χ4n) is 3.96. The minimum absolute atomic E-state index is 0.0103. The Morgan fingerprint density at radius 2 is 1.75 bits per heavy atom. The van der Waals surface area contributed by atoms with Crippen molar-refractivity contribution in [2.24, 2.45) is 0 Å². The average molecular weight is 451 g/mol. The summed E-state index contributed by atoms with van der Waals surface area (Å²) in [7, 11) is -3.13. The standard InChI is InChI=1S/C25H26N2O4S/c28-25(18-31-24-11-5-4-10-22(24)15-20-7-2-1-3-8-20)27(17-21-9-6-13-26-16-21)23-12-14-32(29,30)19-23/h1-11,13,16,23H,12,14-15,17-19H2/t23-/m1/s1. The van der Waals surface area contributed by atoms with Crippen LogP contribution in [0.4, 0.5) is 0 Å². The number of rotatable bonds is 8. The van der Waals surface area contributed by atoms with Gasteiger partial charge in [0.2, 0.25) is 0 Å². The largest absolute Gasteiger partial charge is 0.483 e. The maximum Gasteiger partial charge on any atom is 0.261 e. The highest BCUT2D eigenvalue weighted by atomic mass is 32.2. The number of hydrogen-bond donors (Lipinski definition) is 0. The molecule has 1 aliphatic heterocycles. The van der Waals surface area contributed by atoms with Crippen molar-refractivity contribution >= 4 is 15.7 Å². The lowest BCUT2D eigenvalue weighted by molar-refractivity contribution is -0.136. The van der Waals surface area contributed by atoms with Crippen LogP contribution in [0.1, 0.15) is 23.1 Å². The van der Waals surface area contributed by atoms with Gasteiger partial charge in [-0.1, -0.05) is 54.6 Å². The van der Waals surface area contributed by atoms with Gasteiger partial charge in [-0.05, 0) is 35.2 Å². The van der Waals surface area contributed by atoms with E-state index in [0.29, 0.717) is 25.1 Å². The van der Waals surface area contributed by atoms with Gasteiger partial charge in [-0.2, -0.15) is 0 Å². The topological polar surface area (TPSA) is 76.6 Å². The second-order valence-corrected chi connectivity index (χ2v) is 10.2. The van der Waals surface area contributed by atoms with Crippen molar-refractivity contribution in [2.45, 2.75) is 25.4 Å². The van der Waals surface area contributed by atoms with Gasteiger partial charge < -0.3 is 9.64 Å². The molecule has 0 saturated carbocycles. The van der Waals surface area contributed by atoms with E-state index < -0.39 is 9.84 Å². The lowest BCUT2D eigenvalue weighted by Gasteiger charge is -2.28. The van der Waals surface area contributed by atoms with E-state index in [-0.39, 0.29) is 30.1 Å². The molecule has 1 fully saturated rings. The molecule has 6 nitrogen and oxygen atoms in total. The zero-order chi connectivity index (χ0) is 22.4. The van der Waals surface area contributed by atoms with Crippen LogP contribution in [0, 0.1) is 0 Å². The summed E-state index contributed by atoms with van der Waals surface area (Å²) in [6, 6.07) is 21.1. The number of carbonyl (C=O) groups excluding carboxylic acids is 1. The Balaban J connectivity index is 1.48. The van der Waals surface area contributed by atoms with Gasteiger partial charge in [0.05, 0.1) is 11.5 Å². The highest BCUT2D eigenvalue weighted by Crippen LogP contribution is 2.23. The Bertz CT molecular complexity index is 1150. The first kappa shape index (κ1) is 22.0. The molecule has 0 N–H and O–H groups in total. The van der Waals surface area contributed by atoms with Gasteiger partial charge >= 0.3 is 0 Å². The first-order chi connectivity index (χ1) is 15.5. The summed E-state index contributed by atoms with van der Waals surface area (Å²) in [5, 5.41) is 0. The van der Waals surface area contributed by atoms with Crippen LogP contribution >= 0.6 is 0 Å². The molecule has 0 spiro atoms. The van der Waals surface area contributed by atoms with Crippen LogP contribution in [0.3, 0.4) is 0 Å². The molecular formula is C25H26N2O4S. The maximum atomic E-state index is 13.2. The summed E-state index contributed by atoms with van der Waals surface area (Å²) in [6.45, 7) is 0.157. The number of aromatic nitrogens is 1. The molecule has 7 heteroatoms. The number of nitrogens with zero attached hydrogens (tertiary/aromatic N) is 2. The van der Waals surface area contributed by atoms with E-state index in [4.69, 9.17) is 4.74 Å². The highest BCUT2D eigenvalue weighted by Gasteiger charge is 2.34. The maximum absolute atomic E-state index is 13.2. The summed E-state index contributed by atoms with van der Waals surface area (Å²) in [4.78, 5) is 18.9. The Morgan fingerprint density at radius 1 is 1.00 bits per heavy atom. The summed E-state index contributed by atoms with van der Waals surface area (Å²) >= 11 is 0. The van der Waals surface area contributed by atoms with Gasteiger partial charge in [-0.3, -0.25) is 9.78 Å². The van der Waals surface area contributed by atoms with Crippen molar-refractivity contribution < 1.29 is 17.9 Å². The SMILES string of the molecule is O=C(COc1ccccc1Cc1ccccc1)N(Cc1cccnc1)[C@@H]1CCS(=O)(=O)C1. The second-order valence-electron chi connectivity index (χ2n) is 8.00. The molecule has 0 radical (unpaired) electrons. The van der Waals surface area contributed by atoms with Crippen LogP contribution in [0.25, 0.3) is 0 Å². The monoisotopic (exact) mass is 450 g/mol. The molecule has 0 bridgehead atoms. The van der Waals surface area contributed by atoms with E-state index in [1.54, 1.807) is 23.4 Å². The molecule has 0 aliphatic carbocycles. The van der Waals surface area contributed by atoms with Crippen molar-refractivity contribution in [3.63, 3.8) is 0 Å². The number of ether oxygens (including phenoxy) is 1. The van der Waals surface area contributed by atoms with E-state index in [2.05, 4.69) is 17.1 Å². The number of amides is 1. The number of hydrogen-bond acceptors (Lipinski definition) is 5. The molecule has 166 valence electrons. The lowest BCUT2D eigenvalue weighted by atomic mass is 10.0. The molecule has 0 unspecified atom stereocenters. The van der Waals surface area contributed by atoms with E-state index >= 15 is 0 Å². The van der Waals surface area contributed by atoms with Gasteiger partial charge in [0.25, 0.3) is 5.91 Å². The zero-order valence-corrected chi connectivity index (χ0v) is 18.6. The summed E-state index contributed by atoms with van der Waals surface area (Å²) < 4.78 is 30.0. The predicted octanol–water partition coefficient (Wildman–Crippen LogP) is 3.27. The van der Waals surface area contributed by atoms with Gasteiger partial charge in [0, 0.05) is 31.4 Å². The predicted molar refractivity (Wildman–Crippen MR) is 123 cm³/mol. The Labute approximate surface area is 188 Å². The van der Waals surface area contributed by atoms with Crippen LogP contribution < -0.4 is 4.74 Å². The molecule has 1 aromatic heterocycles. The minimum atomic E-state index is -3.13. The number of benzene rings is 2. The molecule has 2 aromatic carbocycles. The molecule has 1 amide bonds. The Kier molecular flexibility index (Phi) is 6.85. The van der Waals surface area contributed by atoms with E-state index in [0.717, 1.165) is 16.7 Å². The second kappa shape index (κ2) is 9.96. The first-order valence-corrected chi connectivity index (χ1v) is 12.5. The number of para-hydroxylation sites is 1. The number of carbonyl (C=O) groups is 1. The van der Waals surface area contributed by atoms with E-state index in [1.807, 2.05) is 48.5 Å². The highest BCUT2D eigenvalue weighted by molar-refractivity contribution is 7.91. The normalized spacial score (nSPS) is 17.1. The van der Waals surface area contributed by atoms with Gasteiger partial charge in [-0.25, -0.2) is 8.42 Å². The van der Waals surface area contributed by atoms with Crippen molar-refractivity contribution in [2.75, 3.05) is 18.1 Å². The third kappa shape index (κ3) is 5.73. The third-order valence-electron chi connectivity index (χ3n) is 5.61. The zero-order valence-electron chi connectivity index (χ0n) is 17.8. The number of sulfone groups is 1. The average Bonchev–Trinajstić information content (AvgIpc) is 3.17. The molecule has 1 atom stereocenters. The molecular weight excluding hydrogens is 424 g/mol. The smallest absolute Gasteiger partial charge is 0.261 e. The molecule has 1 aliphatic rings. The van der Waals surface area contributed by atoms with Gasteiger partial charge in [0.15, 0.2) is 16.4 Å². The van der Waals surface area contributed by atoms with Crippen LogP contribution in [-0.4, -0.2) is 48.4 Å². The van der Waals surface area contributed by atoms with Crippen LogP contribution in [0.5, 0.6) is 5.75 Å². The number of pyridine rings is 1. The van der Waals surface area contributed by atoms with Crippen LogP contribution in [0.15, 0.2) is 79.1 Å². The van der Waals surface area contributed by atoms with Crippen molar-refractivity contribution in [3.8, 4) is 5.75 Å². The molecule has 3 aromatic rings. The fourth-order valence-corrected chi connectivity index (χ4v) is 5.69. The van der Waals surface area contributed by atoms with Crippen molar-refractivity contribution in [1.29, 1.82) is 0 Å². The van der Waals surface area contributed by atoms with Gasteiger partial charge in [-0.15, -0.1) is 0 Å². The first-order valence-electron chi connectivity index (χ1n) is 10.6. The Hall–Kier alpha value is -3.19. The van der Waals surface area contributed by atoms with Crippen LogP contribution in [-0.2, 0) is 27.6 Å². The van der Waals surface area contributed by atoms with Gasteiger partial charge in [0.1, 0.15) is 5.75 Å². The molecule has 4 rings (SSSR count). The molecule has 32 heavy (non-hydrogen) atoms. The summed E-state index contributed by atoms with van der Waals surface area (Å²) in [5.74, 6) is 0.523. The van der Waals surface area contributed by atoms with E-state index in [9.17, 15) is 13.2 Å². The molecule has 2 heterocycles. The van der Waals surface area contributed by atoms with Crippen LogP contribution in [0.2, 0.25) is 0 Å². The minimum Gasteiger partial charge on any atom is -0.483 e.